The SMILES string of the molecule is CC(C)C1CCCCC1C.NC=O. The number of rotatable bonds is 1. The van der Waals surface area contributed by atoms with Crippen LogP contribution in [0.25, 0.3) is 0 Å². The van der Waals surface area contributed by atoms with E-state index in [-0.39, 0.29) is 6.41 Å². The average molecular weight is 185 g/mol. The molecule has 2 atom stereocenters. The zero-order valence-corrected chi connectivity index (χ0v) is 9.12. The molecule has 1 fully saturated rings. The normalized spacial score (nSPS) is 27.7. The van der Waals surface area contributed by atoms with Crippen molar-refractivity contribution in [1.29, 1.82) is 0 Å². The number of carbonyl (C=O) groups is 1. The van der Waals surface area contributed by atoms with Gasteiger partial charge in [-0.2, -0.15) is 0 Å². The van der Waals surface area contributed by atoms with Gasteiger partial charge < -0.3 is 5.73 Å². The van der Waals surface area contributed by atoms with Gasteiger partial charge >= 0.3 is 0 Å². The van der Waals surface area contributed by atoms with Gasteiger partial charge in [0.1, 0.15) is 0 Å². The van der Waals surface area contributed by atoms with Crippen LogP contribution in [-0.2, 0) is 4.79 Å². The molecule has 0 saturated heterocycles. The molecule has 1 aliphatic rings. The van der Waals surface area contributed by atoms with Gasteiger partial charge in [0.25, 0.3) is 0 Å². The Balaban J connectivity index is 0.000000424. The Hall–Kier alpha value is -0.530. The standard InChI is InChI=1S/C10H20.CH3NO/c1-8(2)10-7-5-4-6-9(10)3;2-1-3/h8-10H,4-7H2,1-3H3;1H,(H2,2,3). The van der Waals surface area contributed by atoms with Crippen molar-refractivity contribution >= 4 is 6.41 Å². The van der Waals surface area contributed by atoms with Gasteiger partial charge in [-0.25, -0.2) is 0 Å². The molecular formula is C11H23NO. The molecule has 0 spiro atoms. The molecule has 78 valence electrons. The molecule has 1 rings (SSSR count). The van der Waals surface area contributed by atoms with Crippen LogP contribution in [0.3, 0.4) is 0 Å². The van der Waals surface area contributed by atoms with Crippen molar-refractivity contribution < 1.29 is 4.79 Å². The van der Waals surface area contributed by atoms with Crippen LogP contribution in [0, 0.1) is 17.8 Å². The van der Waals surface area contributed by atoms with Crippen LogP contribution in [0.1, 0.15) is 46.5 Å². The fourth-order valence-electron chi connectivity index (χ4n) is 2.34. The first kappa shape index (κ1) is 12.5. The molecule has 0 aromatic rings. The van der Waals surface area contributed by atoms with E-state index in [4.69, 9.17) is 4.79 Å². The highest BCUT2D eigenvalue weighted by Gasteiger charge is 2.23. The lowest BCUT2D eigenvalue weighted by atomic mass is 9.75. The fourth-order valence-corrected chi connectivity index (χ4v) is 2.34. The molecule has 0 aromatic heterocycles. The van der Waals surface area contributed by atoms with E-state index in [0.717, 1.165) is 17.8 Å². The summed E-state index contributed by atoms with van der Waals surface area (Å²) < 4.78 is 0. The van der Waals surface area contributed by atoms with Gasteiger partial charge in [-0.1, -0.05) is 40.0 Å². The lowest BCUT2D eigenvalue weighted by Crippen LogP contribution is -2.21. The van der Waals surface area contributed by atoms with Gasteiger partial charge in [-0.15, -0.1) is 0 Å². The Morgan fingerprint density at radius 2 is 1.77 bits per heavy atom. The summed E-state index contributed by atoms with van der Waals surface area (Å²) >= 11 is 0. The van der Waals surface area contributed by atoms with Crippen LogP contribution in [0.4, 0.5) is 0 Å². The van der Waals surface area contributed by atoms with E-state index in [1.807, 2.05) is 0 Å². The number of primary amides is 1. The molecule has 1 saturated carbocycles. The maximum Gasteiger partial charge on any atom is 0.204 e. The van der Waals surface area contributed by atoms with E-state index in [2.05, 4.69) is 26.5 Å². The van der Waals surface area contributed by atoms with Gasteiger partial charge in [0.15, 0.2) is 0 Å². The number of carbonyl (C=O) groups excluding carboxylic acids is 1. The smallest absolute Gasteiger partial charge is 0.204 e. The Bertz CT molecular complexity index is 134. The maximum absolute atomic E-state index is 8.58. The highest BCUT2D eigenvalue weighted by Crippen LogP contribution is 2.34. The molecule has 1 aliphatic carbocycles. The summed E-state index contributed by atoms with van der Waals surface area (Å²) in [5.41, 5.74) is 4.17. The molecule has 1 amide bonds. The minimum absolute atomic E-state index is 0.250. The predicted octanol–water partition coefficient (Wildman–Crippen LogP) is 2.57. The number of nitrogens with two attached hydrogens (primary N) is 1. The molecule has 2 heteroatoms. The second-order valence-corrected chi connectivity index (χ2v) is 4.31. The summed E-state index contributed by atoms with van der Waals surface area (Å²) in [7, 11) is 0. The average Bonchev–Trinajstić information content (AvgIpc) is 2.06. The topological polar surface area (TPSA) is 43.1 Å². The summed E-state index contributed by atoms with van der Waals surface area (Å²) in [6.07, 6.45) is 6.17. The zero-order chi connectivity index (χ0) is 10.3. The number of hydrogen-bond donors (Lipinski definition) is 1. The third kappa shape index (κ3) is 4.91. The van der Waals surface area contributed by atoms with Crippen LogP contribution in [-0.4, -0.2) is 6.41 Å². The van der Waals surface area contributed by atoms with Crippen LogP contribution in [0.2, 0.25) is 0 Å². The van der Waals surface area contributed by atoms with E-state index in [9.17, 15) is 0 Å². The number of hydrogen-bond acceptors (Lipinski definition) is 1. The Morgan fingerprint density at radius 3 is 2.08 bits per heavy atom. The predicted molar refractivity (Wildman–Crippen MR) is 56.2 cm³/mol. The van der Waals surface area contributed by atoms with E-state index in [0.29, 0.717) is 0 Å². The minimum atomic E-state index is 0.250. The summed E-state index contributed by atoms with van der Waals surface area (Å²) in [6.45, 7) is 7.16. The molecule has 0 aliphatic heterocycles. The van der Waals surface area contributed by atoms with Gasteiger partial charge in [0.05, 0.1) is 0 Å². The molecule has 0 radical (unpaired) electrons. The quantitative estimate of drug-likeness (QED) is 0.627. The monoisotopic (exact) mass is 185 g/mol. The molecule has 0 heterocycles. The third-order valence-electron chi connectivity index (χ3n) is 3.03. The summed E-state index contributed by atoms with van der Waals surface area (Å²) in [5.74, 6) is 2.93. The fraction of sp³-hybridized carbons (Fsp3) is 0.909. The minimum Gasteiger partial charge on any atom is -0.372 e. The van der Waals surface area contributed by atoms with Crippen molar-refractivity contribution in [2.45, 2.75) is 46.5 Å². The molecule has 2 nitrogen and oxygen atoms in total. The van der Waals surface area contributed by atoms with E-state index in [1.165, 1.54) is 25.7 Å². The van der Waals surface area contributed by atoms with Gasteiger partial charge in [0.2, 0.25) is 6.41 Å². The van der Waals surface area contributed by atoms with E-state index < -0.39 is 0 Å². The van der Waals surface area contributed by atoms with Crippen molar-refractivity contribution in [3.05, 3.63) is 0 Å². The first-order chi connectivity index (χ1) is 6.13. The van der Waals surface area contributed by atoms with Crippen molar-refractivity contribution in [2.24, 2.45) is 23.5 Å². The summed E-state index contributed by atoms with van der Waals surface area (Å²) in [4.78, 5) is 8.58. The second-order valence-electron chi connectivity index (χ2n) is 4.31. The van der Waals surface area contributed by atoms with Crippen LogP contribution in [0.15, 0.2) is 0 Å². The number of amides is 1. The van der Waals surface area contributed by atoms with Crippen molar-refractivity contribution in [3.8, 4) is 0 Å². The molecular weight excluding hydrogens is 162 g/mol. The van der Waals surface area contributed by atoms with E-state index in [1.54, 1.807) is 0 Å². The first-order valence-electron chi connectivity index (χ1n) is 5.28. The molecule has 0 bridgehead atoms. The lowest BCUT2D eigenvalue weighted by molar-refractivity contribution is -0.106. The summed E-state index contributed by atoms with van der Waals surface area (Å²) in [6, 6.07) is 0. The third-order valence-corrected chi connectivity index (χ3v) is 3.03. The highest BCUT2D eigenvalue weighted by molar-refractivity contribution is 5.42. The molecule has 2 N–H and O–H groups in total. The van der Waals surface area contributed by atoms with Crippen LogP contribution < -0.4 is 5.73 Å². The summed E-state index contributed by atoms with van der Waals surface area (Å²) in [5, 5.41) is 0. The largest absolute Gasteiger partial charge is 0.372 e. The van der Waals surface area contributed by atoms with Gasteiger partial charge in [0, 0.05) is 0 Å². The van der Waals surface area contributed by atoms with Crippen molar-refractivity contribution in [2.75, 3.05) is 0 Å². The van der Waals surface area contributed by atoms with Gasteiger partial charge in [-0.05, 0) is 24.2 Å². The Morgan fingerprint density at radius 1 is 1.31 bits per heavy atom. The van der Waals surface area contributed by atoms with Crippen molar-refractivity contribution in [1.82, 2.24) is 0 Å². The zero-order valence-electron chi connectivity index (χ0n) is 9.12. The molecule has 13 heavy (non-hydrogen) atoms. The van der Waals surface area contributed by atoms with E-state index >= 15 is 0 Å². The van der Waals surface area contributed by atoms with Crippen molar-refractivity contribution in [3.63, 3.8) is 0 Å². The lowest BCUT2D eigenvalue weighted by Gasteiger charge is -2.31. The second kappa shape index (κ2) is 6.93. The first-order valence-corrected chi connectivity index (χ1v) is 5.28. The van der Waals surface area contributed by atoms with Crippen LogP contribution in [0.5, 0.6) is 0 Å². The Labute approximate surface area is 81.9 Å². The Kier molecular flexibility index (Phi) is 6.65. The molecule has 2 unspecified atom stereocenters. The van der Waals surface area contributed by atoms with Gasteiger partial charge in [-0.3, -0.25) is 4.79 Å². The molecule has 0 aromatic carbocycles. The highest BCUT2D eigenvalue weighted by atomic mass is 16.1. The maximum atomic E-state index is 8.58. The van der Waals surface area contributed by atoms with Crippen LogP contribution >= 0.6 is 0 Å².